The number of likely N-dealkylation sites (N-methyl/N-ethyl adjacent to an activating group) is 1. The summed E-state index contributed by atoms with van der Waals surface area (Å²) >= 11 is 0. The monoisotopic (exact) mass is 295 g/mol. The number of aromatic nitrogens is 3. The molecule has 1 aromatic heterocycles. The summed E-state index contributed by atoms with van der Waals surface area (Å²) in [7, 11) is 2.12. The Morgan fingerprint density at radius 3 is 2.38 bits per heavy atom. The lowest BCUT2D eigenvalue weighted by Crippen LogP contribution is -2.47. The molecule has 8 heteroatoms. The molecule has 0 atom stereocenters. The molecule has 1 aliphatic rings. The highest BCUT2D eigenvalue weighted by Gasteiger charge is 2.16. The van der Waals surface area contributed by atoms with Gasteiger partial charge in [-0.2, -0.15) is 15.0 Å². The number of hydrogen-bond acceptors (Lipinski definition) is 8. The van der Waals surface area contributed by atoms with E-state index >= 15 is 0 Å². The quantitative estimate of drug-likeness (QED) is 0.792. The van der Waals surface area contributed by atoms with E-state index in [1.165, 1.54) is 0 Å². The van der Waals surface area contributed by atoms with Gasteiger partial charge in [0.1, 0.15) is 0 Å². The standard InChI is InChI=1S/C13H25N7O/c1-5-14-11-15-12(17-13(16-11)21-10(2)3)18-20-8-6-19(4)7-9-20/h10H,5-9H2,1-4H3,(H2,14,15,16,17,18). The van der Waals surface area contributed by atoms with E-state index < -0.39 is 0 Å². The fourth-order valence-corrected chi connectivity index (χ4v) is 1.97. The van der Waals surface area contributed by atoms with Crippen molar-refractivity contribution >= 4 is 11.9 Å². The van der Waals surface area contributed by atoms with Crippen molar-refractivity contribution < 1.29 is 4.74 Å². The van der Waals surface area contributed by atoms with Gasteiger partial charge >= 0.3 is 6.01 Å². The van der Waals surface area contributed by atoms with Gasteiger partial charge in [-0.3, -0.25) is 5.43 Å². The summed E-state index contributed by atoms with van der Waals surface area (Å²) in [5.74, 6) is 1.04. The van der Waals surface area contributed by atoms with Gasteiger partial charge in [-0.25, -0.2) is 5.01 Å². The summed E-state index contributed by atoms with van der Waals surface area (Å²) in [5.41, 5.74) is 3.24. The van der Waals surface area contributed by atoms with Gasteiger partial charge in [-0.05, 0) is 27.8 Å². The van der Waals surface area contributed by atoms with Gasteiger partial charge in [0.25, 0.3) is 0 Å². The minimum absolute atomic E-state index is 0.0263. The Kier molecular flexibility index (Phi) is 5.51. The Morgan fingerprint density at radius 1 is 1.10 bits per heavy atom. The third-order valence-corrected chi connectivity index (χ3v) is 3.05. The van der Waals surface area contributed by atoms with E-state index in [0.29, 0.717) is 17.9 Å². The maximum Gasteiger partial charge on any atom is 0.323 e. The number of anilines is 2. The Labute approximate surface area is 125 Å². The molecule has 0 unspecified atom stereocenters. The summed E-state index contributed by atoms with van der Waals surface area (Å²) in [4.78, 5) is 15.2. The summed E-state index contributed by atoms with van der Waals surface area (Å²) in [5, 5.41) is 5.21. The maximum absolute atomic E-state index is 5.58. The van der Waals surface area contributed by atoms with E-state index in [-0.39, 0.29) is 6.10 Å². The summed E-state index contributed by atoms with van der Waals surface area (Å²) in [6, 6.07) is 0.340. The molecule has 1 fully saturated rings. The highest BCUT2D eigenvalue weighted by Crippen LogP contribution is 2.13. The first-order chi connectivity index (χ1) is 10.1. The van der Waals surface area contributed by atoms with Crippen LogP contribution in [0.15, 0.2) is 0 Å². The molecule has 2 rings (SSSR count). The highest BCUT2D eigenvalue weighted by atomic mass is 16.5. The van der Waals surface area contributed by atoms with Gasteiger partial charge in [0.15, 0.2) is 0 Å². The van der Waals surface area contributed by atoms with Crippen LogP contribution >= 0.6 is 0 Å². The van der Waals surface area contributed by atoms with Crippen LogP contribution in [0.5, 0.6) is 6.01 Å². The molecule has 8 nitrogen and oxygen atoms in total. The third-order valence-electron chi connectivity index (χ3n) is 3.05. The van der Waals surface area contributed by atoms with E-state index in [4.69, 9.17) is 4.74 Å². The van der Waals surface area contributed by atoms with Crippen LogP contribution < -0.4 is 15.5 Å². The zero-order chi connectivity index (χ0) is 15.2. The second-order valence-electron chi connectivity index (χ2n) is 5.36. The van der Waals surface area contributed by atoms with Gasteiger partial charge in [0.05, 0.1) is 6.10 Å². The van der Waals surface area contributed by atoms with Crippen LogP contribution in [0.4, 0.5) is 11.9 Å². The molecule has 0 amide bonds. The molecule has 0 bridgehead atoms. The van der Waals surface area contributed by atoms with E-state index in [0.717, 1.165) is 32.7 Å². The van der Waals surface area contributed by atoms with Crippen molar-refractivity contribution in [3.05, 3.63) is 0 Å². The SMILES string of the molecule is CCNc1nc(NN2CCN(C)CC2)nc(OC(C)C)n1. The Balaban J connectivity index is 2.07. The van der Waals surface area contributed by atoms with Crippen LogP contribution in [0.3, 0.4) is 0 Å². The molecule has 1 aromatic rings. The Bertz CT molecular complexity index is 446. The van der Waals surface area contributed by atoms with Crippen molar-refractivity contribution in [2.45, 2.75) is 26.9 Å². The normalized spacial score (nSPS) is 17.0. The van der Waals surface area contributed by atoms with Crippen LogP contribution in [0.1, 0.15) is 20.8 Å². The summed E-state index contributed by atoms with van der Waals surface area (Å²) in [6.45, 7) is 10.5. The van der Waals surface area contributed by atoms with Crippen molar-refractivity contribution in [3.8, 4) is 6.01 Å². The molecule has 2 heterocycles. The number of nitrogens with zero attached hydrogens (tertiary/aromatic N) is 5. The van der Waals surface area contributed by atoms with E-state index in [1.807, 2.05) is 20.8 Å². The van der Waals surface area contributed by atoms with Crippen LogP contribution in [0.2, 0.25) is 0 Å². The number of ether oxygens (including phenoxy) is 1. The van der Waals surface area contributed by atoms with Crippen LogP contribution in [-0.2, 0) is 0 Å². The van der Waals surface area contributed by atoms with Gasteiger partial charge in [0.2, 0.25) is 11.9 Å². The molecule has 118 valence electrons. The summed E-state index contributed by atoms with van der Waals surface area (Å²) in [6.07, 6.45) is 0.0263. The molecular weight excluding hydrogens is 270 g/mol. The first-order valence-corrected chi connectivity index (χ1v) is 7.43. The first kappa shape index (κ1) is 15.7. The van der Waals surface area contributed by atoms with Crippen molar-refractivity contribution in [1.82, 2.24) is 24.9 Å². The first-order valence-electron chi connectivity index (χ1n) is 7.43. The van der Waals surface area contributed by atoms with Gasteiger partial charge in [-0.15, -0.1) is 0 Å². The maximum atomic E-state index is 5.58. The molecule has 0 saturated carbocycles. The molecule has 0 radical (unpaired) electrons. The van der Waals surface area contributed by atoms with E-state index in [2.05, 4.69) is 42.7 Å². The zero-order valence-corrected chi connectivity index (χ0v) is 13.3. The fraction of sp³-hybridized carbons (Fsp3) is 0.769. The summed E-state index contributed by atoms with van der Waals surface area (Å²) < 4.78 is 5.58. The van der Waals surface area contributed by atoms with Gasteiger partial charge in [-0.1, -0.05) is 0 Å². The molecule has 21 heavy (non-hydrogen) atoms. The zero-order valence-electron chi connectivity index (χ0n) is 13.3. The number of hydrogen-bond donors (Lipinski definition) is 2. The van der Waals surface area contributed by atoms with Gasteiger partial charge in [0, 0.05) is 32.7 Å². The average Bonchev–Trinajstić information content (AvgIpc) is 2.41. The molecule has 1 aliphatic heterocycles. The molecule has 0 aliphatic carbocycles. The number of piperazine rings is 1. The van der Waals surface area contributed by atoms with Crippen molar-refractivity contribution in [2.75, 3.05) is 50.5 Å². The predicted molar refractivity (Wildman–Crippen MR) is 82.4 cm³/mol. The van der Waals surface area contributed by atoms with Crippen molar-refractivity contribution in [1.29, 1.82) is 0 Å². The second-order valence-corrected chi connectivity index (χ2v) is 5.36. The fourth-order valence-electron chi connectivity index (χ4n) is 1.97. The van der Waals surface area contributed by atoms with E-state index in [1.54, 1.807) is 0 Å². The molecular formula is C13H25N7O. The lowest BCUT2D eigenvalue weighted by atomic mass is 10.4. The smallest absolute Gasteiger partial charge is 0.323 e. The van der Waals surface area contributed by atoms with Crippen LogP contribution in [0.25, 0.3) is 0 Å². The van der Waals surface area contributed by atoms with Crippen molar-refractivity contribution in [2.24, 2.45) is 0 Å². The highest BCUT2D eigenvalue weighted by molar-refractivity contribution is 5.35. The van der Waals surface area contributed by atoms with Crippen LogP contribution in [-0.4, -0.2) is 70.7 Å². The average molecular weight is 295 g/mol. The van der Waals surface area contributed by atoms with Gasteiger partial charge < -0.3 is 15.0 Å². The van der Waals surface area contributed by atoms with Crippen molar-refractivity contribution in [3.63, 3.8) is 0 Å². The number of hydrazine groups is 1. The second kappa shape index (κ2) is 7.37. The van der Waals surface area contributed by atoms with E-state index in [9.17, 15) is 0 Å². The minimum Gasteiger partial charge on any atom is -0.461 e. The molecule has 2 N–H and O–H groups in total. The van der Waals surface area contributed by atoms with Crippen LogP contribution in [0, 0.1) is 0 Å². The number of nitrogens with one attached hydrogen (secondary N) is 2. The number of rotatable bonds is 6. The largest absolute Gasteiger partial charge is 0.461 e. The third kappa shape index (κ3) is 4.98. The molecule has 0 spiro atoms. The predicted octanol–water partition coefficient (Wildman–Crippen LogP) is 0.665. The lowest BCUT2D eigenvalue weighted by Gasteiger charge is -2.32. The lowest BCUT2D eigenvalue weighted by molar-refractivity contribution is 0.177. The Morgan fingerprint density at radius 2 is 1.76 bits per heavy atom. The minimum atomic E-state index is 0.0263. The topological polar surface area (TPSA) is 78.4 Å². The molecule has 1 saturated heterocycles. The Hall–Kier alpha value is -1.67. The molecule has 0 aromatic carbocycles.